The molecule has 3 aliphatic rings. The number of anilines is 1. The lowest BCUT2D eigenvalue weighted by atomic mass is 9.85. The summed E-state index contributed by atoms with van der Waals surface area (Å²) < 4.78 is 27.6. The summed E-state index contributed by atoms with van der Waals surface area (Å²) in [5.74, 6) is 2.50. The second-order valence-corrected chi connectivity index (χ2v) is 10.7. The first-order valence-corrected chi connectivity index (χ1v) is 12.3. The first kappa shape index (κ1) is 18.2. The van der Waals surface area contributed by atoms with Crippen molar-refractivity contribution in [1.82, 2.24) is 0 Å². The van der Waals surface area contributed by atoms with Crippen LogP contribution >= 0.6 is 0 Å². The molecular weight excluding hydrogens is 366 g/mol. The molecule has 0 spiro atoms. The maximum Gasteiger partial charge on any atom is 0.264 e. The van der Waals surface area contributed by atoms with E-state index in [1.54, 1.807) is 28.6 Å². The Morgan fingerprint density at radius 1 is 0.964 bits per heavy atom. The molecule has 0 aromatic heterocycles. The Morgan fingerprint density at radius 2 is 1.75 bits per heavy atom. The Hall–Kier alpha value is -1.81. The molecule has 5 rings (SSSR count). The van der Waals surface area contributed by atoms with E-state index in [0.717, 1.165) is 23.9 Å². The fourth-order valence-electron chi connectivity index (χ4n) is 5.36. The minimum atomic E-state index is -3.47. The number of nitrogens with zero attached hydrogens (tertiary/aromatic N) is 1. The molecular formula is C24H29NO2S. The molecule has 0 N–H and O–H groups in total. The fourth-order valence-corrected chi connectivity index (χ4v) is 6.88. The zero-order valence-electron chi connectivity index (χ0n) is 16.4. The van der Waals surface area contributed by atoms with Crippen LogP contribution in [-0.4, -0.2) is 15.0 Å². The number of hydrogen-bond acceptors (Lipinski definition) is 2. The van der Waals surface area contributed by atoms with Crippen LogP contribution in [0, 0.1) is 11.8 Å². The van der Waals surface area contributed by atoms with E-state index in [9.17, 15) is 8.42 Å². The molecule has 4 heteroatoms. The number of rotatable bonds is 5. The average molecular weight is 396 g/mol. The summed E-state index contributed by atoms with van der Waals surface area (Å²) in [7, 11) is -3.47. The minimum Gasteiger partial charge on any atom is -0.266 e. The summed E-state index contributed by atoms with van der Waals surface area (Å²) in [5, 5.41) is 0. The molecule has 148 valence electrons. The Balaban J connectivity index is 1.31. The first-order valence-electron chi connectivity index (χ1n) is 10.8. The highest BCUT2D eigenvalue weighted by atomic mass is 32.2. The van der Waals surface area contributed by atoms with Crippen LogP contribution in [0.1, 0.15) is 62.0 Å². The van der Waals surface area contributed by atoms with Crippen molar-refractivity contribution >= 4 is 15.7 Å². The van der Waals surface area contributed by atoms with Crippen LogP contribution in [0.25, 0.3) is 0 Å². The largest absolute Gasteiger partial charge is 0.266 e. The van der Waals surface area contributed by atoms with Gasteiger partial charge >= 0.3 is 0 Å². The quantitative estimate of drug-likeness (QED) is 0.669. The van der Waals surface area contributed by atoms with E-state index in [1.807, 2.05) is 12.1 Å². The predicted molar refractivity (Wildman–Crippen MR) is 113 cm³/mol. The number of fused-ring (bicyclic) bond motifs is 1. The maximum absolute atomic E-state index is 13.0. The molecule has 0 amide bonds. The second kappa shape index (κ2) is 7.22. The van der Waals surface area contributed by atoms with Crippen LogP contribution in [0.2, 0.25) is 0 Å². The van der Waals surface area contributed by atoms with Crippen LogP contribution in [0.3, 0.4) is 0 Å². The van der Waals surface area contributed by atoms with Gasteiger partial charge in [-0.05, 0) is 66.3 Å². The Labute approximate surface area is 168 Å². The average Bonchev–Trinajstić information content (AvgIpc) is 3.35. The summed E-state index contributed by atoms with van der Waals surface area (Å²) in [6.45, 7) is 0.548. The summed E-state index contributed by atoms with van der Waals surface area (Å²) in [5.41, 5.74) is 3.50. The van der Waals surface area contributed by atoms with Crippen molar-refractivity contribution in [3.05, 3.63) is 59.7 Å². The Kier molecular flexibility index (Phi) is 4.70. The number of hydrogen-bond donors (Lipinski definition) is 0. The molecule has 0 bridgehead atoms. The lowest BCUT2D eigenvalue weighted by Crippen LogP contribution is -2.29. The highest BCUT2D eigenvalue weighted by Crippen LogP contribution is 2.53. The zero-order valence-corrected chi connectivity index (χ0v) is 17.2. The molecule has 0 radical (unpaired) electrons. The molecule has 2 aromatic rings. The molecule has 28 heavy (non-hydrogen) atoms. The normalized spacial score (nSPS) is 24.9. The lowest BCUT2D eigenvalue weighted by Gasteiger charge is -2.21. The molecule has 3 nitrogen and oxygen atoms in total. The van der Waals surface area contributed by atoms with E-state index >= 15 is 0 Å². The molecule has 2 fully saturated rings. The third-order valence-electron chi connectivity index (χ3n) is 7.00. The van der Waals surface area contributed by atoms with Gasteiger partial charge < -0.3 is 0 Å². The standard InChI is InChI=1S/C24H29NO2S/c26-28(27,22-9-5-2-6-10-22)25-14-13-20-16-19(11-12-24(20)25)23-17-21(23)15-18-7-3-1-4-8-18/h2,5-6,9-12,16,18,21,23H,1,3-4,7-8,13-15,17H2. The molecule has 1 aliphatic heterocycles. The van der Waals surface area contributed by atoms with Gasteiger partial charge in [0.1, 0.15) is 0 Å². The van der Waals surface area contributed by atoms with Crippen molar-refractivity contribution in [3.63, 3.8) is 0 Å². The molecule has 2 atom stereocenters. The van der Waals surface area contributed by atoms with E-state index in [0.29, 0.717) is 17.4 Å². The lowest BCUT2D eigenvalue weighted by molar-refractivity contribution is 0.323. The van der Waals surface area contributed by atoms with Crippen molar-refractivity contribution in [2.75, 3.05) is 10.8 Å². The van der Waals surface area contributed by atoms with E-state index < -0.39 is 10.0 Å². The van der Waals surface area contributed by atoms with Gasteiger partial charge in [-0.25, -0.2) is 8.42 Å². The topological polar surface area (TPSA) is 37.4 Å². The maximum atomic E-state index is 13.0. The van der Waals surface area contributed by atoms with Gasteiger partial charge in [0.05, 0.1) is 10.6 Å². The van der Waals surface area contributed by atoms with Crippen LogP contribution in [0.4, 0.5) is 5.69 Å². The second-order valence-electron chi connectivity index (χ2n) is 8.87. The van der Waals surface area contributed by atoms with E-state index in [2.05, 4.69) is 12.1 Å². The van der Waals surface area contributed by atoms with E-state index in [1.165, 1.54) is 56.1 Å². The van der Waals surface area contributed by atoms with Gasteiger partial charge in [0.25, 0.3) is 10.0 Å². The third-order valence-corrected chi connectivity index (χ3v) is 8.83. The summed E-state index contributed by atoms with van der Waals surface area (Å²) in [6, 6.07) is 15.3. The number of benzene rings is 2. The molecule has 2 aliphatic carbocycles. The Bertz CT molecular complexity index is 948. The zero-order chi connectivity index (χ0) is 19.1. The molecule has 2 aromatic carbocycles. The van der Waals surface area contributed by atoms with Crippen LogP contribution in [0.5, 0.6) is 0 Å². The molecule has 2 saturated carbocycles. The monoisotopic (exact) mass is 395 g/mol. The Morgan fingerprint density at radius 3 is 2.54 bits per heavy atom. The van der Waals surface area contributed by atoms with Crippen molar-refractivity contribution in [3.8, 4) is 0 Å². The summed E-state index contributed by atoms with van der Waals surface area (Å²) in [4.78, 5) is 0.377. The fraction of sp³-hybridized carbons (Fsp3) is 0.500. The highest BCUT2D eigenvalue weighted by Gasteiger charge is 2.40. The van der Waals surface area contributed by atoms with E-state index in [-0.39, 0.29) is 0 Å². The van der Waals surface area contributed by atoms with E-state index in [4.69, 9.17) is 0 Å². The first-order chi connectivity index (χ1) is 13.6. The van der Waals surface area contributed by atoms with Gasteiger partial charge in [0.15, 0.2) is 0 Å². The number of sulfonamides is 1. The van der Waals surface area contributed by atoms with Gasteiger partial charge in [-0.3, -0.25) is 4.31 Å². The smallest absolute Gasteiger partial charge is 0.264 e. The predicted octanol–water partition coefficient (Wildman–Crippen LogP) is 5.51. The molecule has 2 unspecified atom stereocenters. The van der Waals surface area contributed by atoms with Gasteiger partial charge in [-0.1, -0.05) is 62.4 Å². The van der Waals surface area contributed by atoms with Gasteiger partial charge in [0.2, 0.25) is 0 Å². The third kappa shape index (κ3) is 3.36. The highest BCUT2D eigenvalue weighted by molar-refractivity contribution is 7.92. The molecule has 0 saturated heterocycles. The van der Waals surface area contributed by atoms with Gasteiger partial charge in [-0.2, -0.15) is 0 Å². The SMILES string of the molecule is O=S(=O)(c1ccccc1)N1CCc2cc(C3CC3CC3CCCCC3)ccc21. The van der Waals surface area contributed by atoms with Crippen molar-refractivity contribution in [2.24, 2.45) is 11.8 Å². The van der Waals surface area contributed by atoms with Crippen molar-refractivity contribution in [1.29, 1.82) is 0 Å². The molecule has 1 heterocycles. The van der Waals surface area contributed by atoms with Crippen LogP contribution < -0.4 is 4.31 Å². The summed E-state index contributed by atoms with van der Waals surface area (Å²) in [6.07, 6.45) is 10.7. The van der Waals surface area contributed by atoms with Crippen molar-refractivity contribution in [2.45, 2.75) is 62.2 Å². The summed E-state index contributed by atoms with van der Waals surface area (Å²) >= 11 is 0. The van der Waals surface area contributed by atoms with Crippen LogP contribution in [0.15, 0.2) is 53.4 Å². The van der Waals surface area contributed by atoms with Crippen molar-refractivity contribution < 1.29 is 8.42 Å². The van der Waals surface area contributed by atoms with Gasteiger partial charge in [0, 0.05) is 6.54 Å². The van der Waals surface area contributed by atoms with Crippen LogP contribution in [-0.2, 0) is 16.4 Å². The van der Waals surface area contributed by atoms with Gasteiger partial charge in [-0.15, -0.1) is 0 Å². The minimum absolute atomic E-state index is 0.377.